The molecule has 3 rings (SSSR count). The largest absolute Gasteiger partial charge is 0.268 e. The van der Waals surface area contributed by atoms with E-state index in [1.165, 1.54) is 6.07 Å². The van der Waals surface area contributed by atoms with E-state index in [1.54, 1.807) is 17.1 Å². The molecule has 0 fully saturated rings. The Balaban J connectivity index is 1.92. The molecule has 21 heavy (non-hydrogen) atoms. The number of aromatic nitrogens is 3. The number of rotatable bonds is 3. The van der Waals surface area contributed by atoms with Gasteiger partial charge >= 0.3 is 0 Å². The summed E-state index contributed by atoms with van der Waals surface area (Å²) >= 11 is 0. The van der Waals surface area contributed by atoms with Gasteiger partial charge in [0.15, 0.2) is 11.6 Å². The Morgan fingerprint density at radius 1 is 1.14 bits per heavy atom. The molecular weight excluding hydrogens is 272 g/mol. The van der Waals surface area contributed by atoms with Crippen LogP contribution in [0.4, 0.5) is 8.78 Å². The van der Waals surface area contributed by atoms with Crippen molar-refractivity contribution in [3.05, 3.63) is 71.7 Å². The van der Waals surface area contributed by atoms with E-state index in [0.29, 0.717) is 17.8 Å². The Bertz CT molecular complexity index is 767. The van der Waals surface area contributed by atoms with Crippen molar-refractivity contribution in [1.29, 1.82) is 0 Å². The second-order valence-corrected chi connectivity index (χ2v) is 4.84. The maximum absolute atomic E-state index is 13.3. The van der Waals surface area contributed by atoms with Crippen molar-refractivity contribution in [2.75, 3.05) is 0 Å². The Hall–Kier alpha value is -2.56. The Morgan fingerprint density at radius 3 is 2.67 bits per heavy atom. The molecule has 0 bridgehead atoms. The molecule has 5 heteroatoms. The third-order valence-corrected chi connectivity index (χ3v) is 3.23. The van der Waals surface area contributed by atoms with Gasteiger partial charge in [-0.2, -0.15) is 5.10 Å². The molecule has 1 aromatic carbocycles. The highest BCUT2D eigenvalue weighted by Crippen LogP contribution is 2.23. The summed E-state index contributed by atoms with van der Waals surface area (Å²) in [5.41, 5.74) is 3.13. The monoisotopic (exact) mass is 285 g/mol. The van der Waals surface area contributed by atoms with Crippen molar-refractivity contribution in [2.24, 2.45) is 0 Å². The van der Waals surface area contributed by atoms with Crippen LogP contribution in [0.3, 0.4) is 0 Å². The second-order valence-electron chi connectivity index (χ2n) is 4.84. The van der Waals surface area contributed by atoms with Crippen molar-refractivity contribution in [3.63, 3.8) is 0 Å². The highest BCUT2D eigenvalue weighted by molar-refractivity contribution is 5.63. The SMILES string of the molecule is Cc1cc(Cn2cccn2)cnc1-c1ccc(F)c(F)c1. The summed E-state index contributed by atoms with van der Waals surface area (Å²) in [5.74, 6) is -1.72. The van der Waals surface area contributed by atoms with Gasteiger partial charge < -0.3 is 0 Å². The fourth-order valence-electron chi connectivity index (χ4n) is 2.25. The van der Waals surface area contributed by atoms with Crippen molar-refractivity contribution >= 4 is 0 Å². The molecule has 0 saturated heterocycles. The second kappa shape index (κ2) is 5.44. The van der Waals surface area contributed by atoms with Crippen molar-refractivity contribution in [3.8, 4) is 11.3 Å². The lowest BCUT2D eigenvalue weighted by Gasteiger charge is -2.08. The van der Waals surface area contributed by atoms with E-state index in [4.69, 9.17) is 0 Å². The lowest BCUT2D eigenvalue weighted by molar-refractivity contribution is 0.509. The van der Waals surface area contributed by atoms with Crippen molar-refractivity contribution in [1.82, 2.24) is 14.8 Å². The van der Waals surface area contributed by atoms with E-state index in [9.17, 15) is 8.78 Å². The molecule has 0 N–H and O–H groups in total. The molecule has 2 heterocycles. The van der Waals surface area contributed by atoms with Gasteiger partial charge in [-0.05, 0) is 42.3 Å². The first kappa shape index (κ1) is 13.4. The molecule has 2 aromatic heterocycles. The summed E-state index contributed by atoms with van der Waals surface area (Å²) in [6.07, 6.45) is 5.32. The zero-order valence-electron chi connectivity index (χ0n) is 11.4. The van der Waals surface area contributed by atoms with Gasteiger partial charge in [0, 0.05) is 24.2 Å². The molecule has 3 nitrogen and oxygen atoms in total. The van der Waals surface area contributed by atoms with Gasteiger partial charge in [0.1, 0.15) is 0 Å². The van der Waals surface area contributed by atoms with E-state index in [2.05, 4.69) is 10.1 Å². The van der Waals surface area contributed by atoms with Crippen molar-refractivity contribution < 1.29 is 8.78 Å². The molecule has 0 aliphatic rings. The lowest BCUT2D eigenvalue weighted by atomic mass is 10.0. The Morgan fingerprint density at radius 2 is 2.00 bits per heavy atom. The third kappa shape index (κ3) is 2.81. The number of pyridine rings is 1. The maximum Gasteiger partial charge on any atom is 0.159 e. The van der Waals surface area contributed by atoms with Crippen LogP contribution < -0.4 is 0 Å². The van der Waals surface area contributed by atoms with Gasteiger partial charge in [-0.25, -0.2) is 8.78 Å². The predicted molar refractivity (Wildman–Crippen MR) is 75.7 cm³/mol. The van der Waals surface area contributed by atoms with Crippen LogP contribution in [0.15, 0.2) is 48.9 Å². The molecule has 0 atom stereocenters. The molecule has 106 valence electrons. The number of benzene rings is 1. The normalized spacial score (nSPS) is 10.8. The molecule has 0 spiro atoms. The lowest BCUT2D eigenvalue weighted by Crippen LogP contribution is -2.01. The van der Waals surface area contributed by atoms with Gasteiger partial charge in [0.25, 0.3) is 0 Å². The van der Waals surface area contributed by atoms with E-state index in [1.807, 2.05) is 25.3 Å². The van der Waals surface area contributed by atoms with E-state index < -0.39 is 11.6 Å². The summed E-state index contributed by atoms with van der Waals surface area (Å²) < 4.78 is 28.1. The van der Waals surface area contributed by atoms with Crippen LogP contribution in [0.1, 0.15) is 11.1 Å². The minimum atomic E-state index is -0.866. The quantitative estimate of drug-likeness (QED) is 0.736. The van der Waals surface area contributed by atoms with E-state index in [0.717, 1.165) is 23.3 Å². The summed E-state index contributed by atoms with van der Waals surface area (Å²) in [7, 11) is 0. The van der Waals surface area contributed by atoms with Crippen LogP contribution in [-0.2, 0) is 6.54 Å². The minimum Gasteiger partial charge on any atom is -0.268 e. The number of nitrogens with zero attached hydrogens (tertiary/aromatic N) is 3. The summed E-state index contributed by atoms with van der Waals surface area (Å²) in [6, 6.07) is 7.64. The van der Waals surface area contributed by atoms with Gasteiger partial charge in [-0.1, -0.05) is 6.07 Å². The molecule has 0 radical (unpaired) electrons. The van der Waals surface area contributed by atoms with Gasteiger partial charge in [-0.3, -0.25) is 9.67 Å². The fraction of sp³-hybridized carbons (Fsp3) is 0.125. The topological polar surface area (TPSA) is 30.7 Å². The smallest absolute Gasteiger partial charge is 0.159 e. The van der Waals surface area contributed by atoms with Crippen LogP contribution in [0.25, 0.3) is 11.3 Å². The molecule has 0 unspecified atom stereocenters. The first-order valence-electron chi connectivity index (χ1n) is 6.52. The first-order chi connectivity index (χ1) is 10.1. The zero-order valence-corrected chi connectivity index (χ0v) is 11.4. The zero-order chi connectivity index (χ0) is 14.8. The average molecular weight is 285 g/mol. The maximum atomic E-state index is 13.3. The molecule has 0 saturated carbocycles. The van der Waals surface area contributed by atoms with E-state index in [-0.39, 0.29) is 0 Å². The van der Waals surface area contributed by atoms with Gasteiger partial charge in [0.2, 0.25) is 0 Å². The standard InChI is InChI=1S/C16H13F2N3/c1-11-7-12(10-21-6-2-5-20-21)9-19-16(11)13-3-4-14(17)15(18)8-13/h2-9H,10H2,1H3. The summed E-state index contributed by atoms with van der Waals surface area (Å²) in [5, 5.41) is 4.14. The van der Waals surface area contributed by atoms with Crippen LogP contribution in [-0.4, -0.2) is 14.8 Å². The number of halogens is 2. The fourth-order valence-corrected chi connectivity index (χ4v) is 2.25. The van der Waals surface area contributed by atoms with Crippen LogP contribution >= 0.6 is 0 Å². The molecular formula is C16H13F2N3. The van der Waals surface area contributed by atoms with Crippen LogP contribution in [0.2, 0.25) is 0 Å². The van der Waals surface area contributed by atoms with Crippen molar-refractivity contribution in [2.45, 2.75) is 13.5 Å². The van der Waals surface area contributed by atoms with Crippen LogP contribution in [0, 0.1) is 18.6 Å². The highest BCUT2D eigenvalue weighted by Gasteiger charge is 2.09. The molecule has 3 aromatic rings. The number of hydrogen-bond donors (Lipinski definition) is 0. The Kier molecular flexibility index (Phi) is 3.48. The minimum absolute atomic E-state index is 0.567. The molecule has 0 aliphatic heterocycles. The summed E-state index contributed by atoms with van der Waals surface area (Å²) in [6.45, 7) is 2.52. The third-order valence-electron chi connectivity index (χ3n) is 3.23. The summed E-state index contributed by atoms with van der Waals surface area (Å²) in [4.78, 5) is 4.37. The molecule has 0 amide bonds. The predicted octanol–water partition coefficient (Wildman–Crippen LogP) is 3.58. The van der Waals surface area contributed by atoms with Gasteiger partial charge in [0.05, 0.1) is 12.2 Å². The first-order valence-corrected chi connectivity index (χ1v) is 6.52. The van der Waals surface area contributed by atoms with Gasteiger partial charge in [-0.15, -0.1) is 0 Å². The molecule has 0 aliphatic carbocycles. The van der Waals surface area contributed by atoms with E-state index >= 15 is 0 Å². The highest BCUT2D eigenvalue weighted by atomic mass is 19.2. The average Bonchev–Trinajstić information content (AvgIpc) is 2.95. The number of aryl methyl sites for hydroxylation is 1. The van der Waals surface area contributed by atoms with Crippen LogP contribution in [0.5, 0.6) is 0 Å². The Labute approximate surface area is 120 Å². The number of hydrogen-bond acceptors (Lipinski definition) is 2.